The zero-order chi connectivity index (χ0) is 49.5. The van der Waals surface area contributed by atoms with Gasteiger partial charge in [0.05, 0.1) is 37.8 Å². The monoisotopic (exact) mass is 937 g/mol. The maximum Gasteiger partial charge on any atom is 0.471 e. The Kier molecular flexibility index (Phi) is 18.9. The maximum atomic E-state index is 13.9. The standard InChI is InChI=1S/C48H58F3N5O11/c1-30(2)40(59)54-45-53-37-23-17-32(27-36(37)42(61)55-45)28-56(44(63)48(49,50)51)34-20-18-33(19-21-34)41(60)52-38(43(62)64-7)24-22-35(57)15-11-25-66-47(6,46(3,4)5)67-26-12-16-39(58)65-29-31-13-9-8-10-14-31/h8-10,13-14,17-21,23,27,30,38H,11-12,15-16,22,24-26,28-29H2,1-7H3,(H,52,60)(H2,53,54,55,59,61)/t38-,47?/m0/s1. The summed E-state index contributed by atoms with van der Waals surface area (Å²) in [4.78, 5) is 95.8. The number of benzene rings is 3. The van der Waals surface area contributed by atoms with E-state index in [-0.39, 0.29) is 90.9 Å². The summed E-state index contributed by atoms with van der Waals surface area (Å²) in [6.07, 6.45) is -4.52. The Morgan fingerprint density at radius 2 is 1.46 bits per heavy atom. The SMILES string of the molecule is COC(=O)[C@H](CCC(=O)CCCOC(C)(OCCCC(=O)OCc1ccccc1)C(C)(C)C)NC(=O)c1ccc(N(Cc2ccc3nc(NC(=O)C(C)C)[nH]c(=O)c3c2)C(=O)C(F)(F)F)cc1. The highest BCUT2D eigenvalue weighted by Crippen LogP contribution is 2.35. The molecular formula is C48H58F3N5O11. The molecule has 0 spiro atoms. The van der Waals surface area contributed by atoms with Crippen molar-refractivity contribution in [2.24, 2.45) is 11.3 Å². The fourth-order valence-corrected chi connectivity index (χ4v) is 6.38. The van der Waals surface area contributed by atoms with Crippen LogP contribution in [0.2, 0.25) is 0 Å². The Balaban J connectivity index is 1.31. The second-order valence-corrected chi connectivity index (χ2v) is 17.2. The molecule has 0 saturated heterocycles. The van der Waals surface area contributed by atoms with Gasteiger partial charge in [0.2, 0.25) is 11.9 Å². The zero-order valence-electron chi connectivity index (χ0n) is 38.7. The third kappa shape index (κ3) is 15.8. The van der Waals surface area contributed by atoms with Crippen molar-refractivity contribution >= 4 is 58.0 Å². The van der Waals surface area contributed by atoms with Gasteiger partial charge >= 0.3 is 24.0 Å². The van der Waals surface area contributed by atoms with Crippen molar-refractivity contribution < 1.29 is 60.9 Å². The number of nitrogens with zero attached hydrogens (tertiary/aromatic N) is 2. The van der Waals surface area contributed by atoms with Crippen molar-refractivity contribution in [3.05, 3.63) is 99.8 Å². The first kappa shape index (κ1) is 53.1. The number of carbonyl (C=O) groups excluding carboxylic acids is 6. The number of nitrogens with one attached hydrogen (secondary N) is 3. The number of esters is 2. The normalized spacial score (nSPS) is 13.1. The summed E-state index contributed by atoms with van der Waals surface area (Å²) in [6, 6.07) is 16.7. The van der Waals surface area contributed by atoms with Crippen LogP contribution in [0.25, 0.3) is 10.9 Å². The summed E-state index contributed by atoms with van der Waals surface area (Å²) in [7, 11) is 1.11. The van der Waals surface area contributed by atoms with Crippen LogP contribution in [0.1, 0.15) is 102 Å². The molecule has 0 aliphatic heterocycles. The number of Topliss-reactive ketones (excluding diaryl/α,β-unsaturated/α-hetero) is 1. The minimum atomic E-state index is -5.29. The van der Waals surface area contributed by atoms with Gasteiger partial charge in [-0.2, -0.15) is 13.2 Å². The van der Waals surface area contributed by atoms with Gasteiger partial charge in [0, 0.05) is 41.8 Å². The van der Waals surface area contributed by atoms with E-state index >= 15 is 0 Å². The smallest absolute Gasteiger partial charge is 0.467 e. The number of hydrogen-bond donors (Lipinski definition) is 3. The van der Waals surface area contributed by atoms with Crippen LogP contribution in [0.5, 0.6) is 0 Å². The molecule has 1 heterocycles. The number of methoxy groups -OCH3 is 1. The predicted molar refractivity (Wildman–Crippen MR) is 241 cm³/mol. The fourth-order valence-electron chi connectivity index (χ4n) is 6.38. The number of fused-ring (bicyclic) bond motifs is 1. The number of anilines is 2. The van der Waals surface area contributed by atoms with Crippen LogP contribution < -0.4 is 21.1 Å². The number of carbonyl (C=O) groups is 6. The van der Waals surface area contributed by atoms with Gasteiger partial charge in [0.15, 0.2) is 5.79 Å². The lowest BCUT2D eigenvalue weighted by Crippen LogP contribution is -2.45. The Bertz CT molecular complexity index is 2420. The molecule has 1 aromatic heterocycles. The van der Waals surface area contributed by atoms with E-state index in [0.717, 1.165) is 24.8 Å². The van der Waals surface area contributed by atoms with Crippen LogP contribution in [-0.2, 0) is 56.1 Å². The molecule has 3 aromatic carbocycles. The molecule has 0 aliphatic carbocycles. The molecule has 3 amide bonds. The summed E-state index contributed by atoms with van der Waals surface area (Å²) in [5.74, 6) is -6.36. The number of hydrogen-bond acceptors (Lipinski definition) is 12. The van der Waals surface area contributed by atoms with E-state index in [1.165, 1.54) is 30.3 Å². The minimum absolute atomic E-state index is 0.00314. The molecule has 2 atom stereocenters. The van der Waals surface area contributed by atoms with Gasteiger partial charge in [0.1, 0.15) is 18.4 Å². The number of halogens is 3. The number of aromatic amines is 1. The van der Waals surface area contributed by atoms with Crippen molar-refractivity contribution in [3.8, 4) is 0 Å². The summed E-state index contributed by atoms with van der Waals surface area (Å²) in [5, 5.41) is 4.99. The van der Waals surface area contributed by atoms with E-state index in [1.54, 1.807) is 20.8 Å². The number of ketones is 1. The summed E-state index contributed by atoms with van der Waals surface area (Å²) >= 11 is 0. The quantitative estimate of drug-likeness (QED) is 0.0379. The third-order valence-electron chi connectivity index (χ3n) is 10.8. The highest BCUT2D eigenvalue weighted by Gasteiger charge is 2.43. The van der Waals surface area contributed by atoms with Crippen LogP contribution in [0.3, 0.4) is 0 Å². The topological polar surface area (TPSA) is 212 Å². The molecule has 1 unspecified atom stereocenters. The van der Waals surface area contributed by atoms with Crippen molar-refractivity contribution in [3.63, 3.8) is 0 Å². The van der Waals surface area contributed by atoms with E-state index in [1.807, 2.05) is 51.1 Å². The first-order chi connectivity index (χ1) is 31.5. The number of amides is 3. The van der Waals surface area contributed by atoms with Crippen LogP contribution in [0.4, 0.5) is 24.8 Å². The molecule has 0 bridgehead atoms. The molecule has 4 aromatic rings. The lowest BCUT2D eigenvalue weighted by atomic mass is 9.86. The van der Waals surface area contributed by atoms with E-state index in [9.17, 15) is 46.7 Å². The third-order valence-corrected chi connectivity index (χ3v) is 10.8. The van der Waals surface area contributed by atoms with Gasteiger partial charge in [-0.1, -0.05) is 71.0 Å². The highest BCUT2D eigenvalue weighted by atomic mass is 19.4. The lowest BCUT2D eigenvalue weighted by Gasteiger charge is -2.41. The molecule has 0 saturated carbocycles. The Hall–Kier alpha value is -6.47. The molecule has 67 heavy (non-hydrogen) atoms. The highest BCUT2D eigenvalue weighted by molar-refractivity contribution is 6.00. The largest absolute Gasteiger partial charge is 0.471 e. The minimum Gasteiger partial charge on any atom is -0.467 e. The Morgan fingerprint density at radius 1 is 0.821 bits per heavy atom. The molecule has 16 nitrogen and oxygen atoms in total. The summed E-state index contributed by atoms with van der Waals surface area (Å²) in [6.45, 7) is 10.9. The molecule has 3 N–H and O–H groups in total. The van der Waals surface area contributed by atoms with Gasteiger partial charge in [0.25, 0.3) is 11.5 Å². The second kappa shape index (κ2) is 23.8. The zero-order valence-corrected chi connectivity index (χ0v) is 38.7. The average Bonchev–Trinajstić information content (AvgIpc) is 3.28. The average molecular weight is 938 g/mol. The van der Waals surface area contributed by atoms with Gasteiger partial charge in [-0.05, 0) is 73.7 Å². The summed E-state index contributed by atoms with van der Waals surface area (Å²) in [5.41, 5.74) is -0.283. The molecule has 4 rings (SSSR count). The maximum absolute atomic E-state index is 13.9. The first-order valence-electron chi connectivity index (χ1n) is 21.7. The number of aromatic nitrogens is 2. The van der Waals surface area contributed by atoms with Crippen LogP contribution in [-0.4, -0.2) is 83.7 Å². The number of H-pyrrole nitrogens is 1. The molecular weight excluding hydrogens is 880 g/mol. The Morgan fingerprint density at radius 3 is 2.06 bits per heavy atom. The number of alkyl halides is 3. The number of ether oxygens (including phenoxy) is 4. The Labute approximate surface area is 386 Å². The van der Waals surface area contributed by atoms with Gasteiger partial charge < -0.3 is 29.2 Å². The predicted octanol–water partition coefficient (Wildman–Crippen LogP) is 7.33. The number of rotatable bonds is 23. The second-order valence-electron chi connectivity index (χ2n) is 17.2. The van der Waals surface area contributed by atoms with E-state index in [4.69, 9.17) is 18.9 Å². The van der Waals surface area contributed by atoms with E-state index < -0.39 is 65.1 Å². The van der Waals surface area contributed by atoms with Crippen molar-refractivity contribution in [2.45, 2.75) is 111 Å². The van der Waals surface area contributed by atoms with Gasteiger partial charge in [-0.15, -0.1) is 0 Å². The lowest BCUT2D eigenvalue weighted by molar-refractivity contribution is -0.278. The van der Waals surface area contributed by atoms with Gasteiger partial charge in [-0.25, -0.2) is 9.78 Å². The van der Waals surface area contributed by atoms with Crippen molar-refractivity contribution in [1.82, 2.24) is 15.3 Å². The van der Waals surface area contributed by atoms with Crippen LogP contribution in [0.15, 0.2) is 77.6 Å². The molecule has 0 radical (unpaired) electrons. The molecule has 0 fully saturated rings. The van der Waals surface area contributed by atoms with E-state index in [2.05, 4.69) is 20.6 Å². The first-order valence-corrected chi connectivity index (χ1v) is 21.7. The fraction of sp³-hybridized carbons (Fsp3) is 0.458. The van der Waals surface area contributed by atoms with Crippen LogP contribution >= 0.6 is 0 Å². The summed E-state index contributed by atoms with van der Waals surface area (Å²) < 4.78 is 64.0. The molecule has 0 aliphatic rings. The van der Waals surface area contributed by atoms with E-state index in [0.29, 0.717) is 17.7 Å². The van der Waals surface area contributed by atoms with Gasteiger partial charge in [-0.3, -0.25) is 39.1 Å². The van der Waals surface area contributed by atoms with Crippen LogP contribution in [0, 0.1) is 11.3 Å². The molecule has 19 heteroatoms. The molecule has 362 valence electrons. The van der Waals surface area contributed by atoms with Crippen molar-refractivity contribution in [1.29, 1.82) is 0 Å². The van der Waals surface area contributed by atoms with Crippen molar-refractivity contribution in [2.75, 3.05) is 30.5 Å².